The second-order valence-corrected chi connectivity index (χ2v) is 7.56. The molecule has 1 aliphatic heterocycles. The maximum atomic E-state index is 13.2. The minimum absolute atomic E-state index is 0.138. The number of aryl methyl sites for hydroxylation is 2. The molecular formula is C26H22N2O4. The number of carbonyl (C=O) groups excluding carboxylic acids is 3. The van der Waals surface area contributed by atoms with E-state index in [1.165, 1.54) is 6.08 Å². The van der Waals surface area contributed by atoms with Gasteiger partial charge in [-0.1, -0.05) is 60.7 Å². The fraction of sp³-hybridized carbons (Fsp3) is 0.115. The highest BCUT2D eigenvalue weighted by Gasteiger charge is 2.37. The first kappa shape index (κ1) is 21.1. The lowest BCUT2D eigenvalue weighted by Crippen LogP contribution is -2.54. The molecule has 1 N–H and O–H groups in total. The van der Waals surface area contributed by atoms with Gasteiger partial charge in [0.15, 0.2) is 0 Å². The largest absolute Gasteiger partial charge is 0.488 e. The Labute approximate surface area is 186 Å². The number of benzene rings is 3. The third-order valence-electron chi connectivity index (χ3n) is 5.16. The molecule has 0 unspecified atom stereocenters. The van der Waals surface area contributed by atoms with Crippen molar-refractivity contribution in [3.63, 3.8) is 0 Å². The van der Waals surface area contributed by atoms with E-state index in [-0.39, 0.29) is 5.57 Å². The highest BCUT2D eigenvalue weighted by atomic mass is 16.5. The van der Waals surface area contributed by atoms with Crippen molar-refractivity contribution in [3.05, 3.63) is 101 Å². The minimum atomic E-state index is -0.764. The number of ether oxygens (including phenoxy) is 1. The number of carbonyl (C=O) groups is 3. The van der Waals surface area contributed by atoms with Crippen LogP contribution in [0.5, 0.6) is 5.75 Å². The average Bonchev–Trinajstić information content (AvgIpc) is 2.79. The topological polar surface area (TPSA) is 75.7 Å². The van der Waals surface area contributed by atoms with Gasteiger partial charge in [-0.25, -0.2) is 9.69 Å². The lowest BCUT2D eigenvalue weighted by molar-refractivity contribution is -0.122. The summed E-state index contributed by atoms with van der Waals surface area (Å²) in [5.74, 6) is -0.885. The average molecular weight is 426 g/mol. The number of urea groups is 1. The number of nitrogens with zero attached hydrogens (tertiary/aromatic N) is 1. The van der Waals surface area contributed by atoms with Crippen molar-refractivity contribution in [2.75, 3.05) is 4.90 Å². The number of nitrogens with one attached hydrogen (secondary N) is 1. The zero-order valence-electron chi connectivity index (χ0n) is 17.8. The summed E-state index contributed by atoms with van der Waals surface area (Å²) in [6.45, 7) is 4.02. The molecule has 1 heterocycles. The van der Waals surface area contributed by atoms with Gasteiger partial charge in [-0.15, -0.1) is 0 Å². The van der Waals surface area contributed by atoms with Crippen molar-refractivity contribution < 1.29 is 19.1 Å². The van der Waals surface area contributed by atoms with Crippen molar-refractivity contribution in [1.29, 1.82) is 0 Å². The number of rotatable bonds is 5. The van der Waals surface area contributed by atoms with Crippen LogP contribution in [-0.4, -0.2) is 17.8 Å². The van der Waals surface area contributed by atoms with Crippen molar-refractivity contribution >= 4 is 29.6 Å². The van der Waals surface area contributed by atoms with E-state index in [9.17, 15) is 14.4 Å². The Morgan fingerprint density at radius 3 is 2.41 bits per heavy atom. The summed E-state index contributed by atoms with van der Waals surface area (Å²) in [6, 6.07) is 21.5. The standard InChI is InChI=1S/C26H22N2O4/c1-17-12-13-18(2)22(14-17)28-25(30)21(24(29)27-26(28)31)15-20-10-6-7-11-23(20)32-16-19-8-4-3-5-9-19/h3-15H,16H2,1-2H3,(H,27,29,31)/b21-15+. The van der Waals surface area contributed by atoms with Gasteiger partial charge in [0.25, 0.3) is 11.8 Å². The van der Waals surface area contributed by atoms with E-state index in [2.05, 4.69) is 5.32 Å². The van der Waals surface area contributed by atoms with Gasteiger partial charge in [-0.05, 0) is 48.7 Å². The lowest BCUT2D eigenvalue weighted by atomic mass is 10.0. The summed E-state index contributed by atoms with van der Waals surface area (Å²) in [5, 5.41) is 2.27. The first-order valence-electron chi connectivity index (χ1n) is 10.2. The molecule has 4 amide bonds. The van der Waals surface area contributed by atoms with Gasteiger partial charge in [0.2, 0.25) is 0 Å². The SMILES string of the molecule is Cc1ccc(C)c(N2C(=O)NC(=O)/C(=C\c3ccccc3OCc3ccccc3)C2=O)c1. The molecular weight excluding hydrogens is 404 g/mol. The zero-order chi connectivity index (χ0) is 22.7. The van der Waals surface area contributed by atoms with Crippen LogP contribution in [0.1, 0.15) is 22.3 Å². The van der Waals surface area contributed by atoms with E-state index in [0.717, 1.165) is 21.6 Å². The molecule has 1 aliphatic rings. The van der Waals surface area contributed by atoms with Crippen LogP contribution in [0.4, 0.5) is 10.5 Å². The van der Waals surface area contributed by atoms with Gasteiger partial charge in [0.05, 0.1) is 5.69 Å². The Morgan fingerprint density at radius 1 is 0.906 bits per heavy atom. The summed E-state index contributed by atoms with van der Waals surface area (Å²) in [4.78, 5) is 39.3. The van der Waals surface area contributed by atoms with Crippen LogP contribution in [-0.2, 0) is 16.2 Å². The third-order valence-corrected chi connectivity index (χ3v) is 5.16. The predicted octanol–water partition coefficient (Wildman–Crippen LogP) is 4.55. The fourth-order valence-electron chi connectivity index (χ4n) is 3.46. The second kappa shape index (κ2) is 8.89. The van der Waals surface area contributed by atoms with E-state index in [1.807, 2.05) is 62.4 Å². The fourth-order valence-corrected chi connectivity index (χ4v) is 3.46. The number of hydrogen-bond acceptors (Lipinski definition) is 4. The van der Waals surface area contributed by atoms with Crippen LogP contribution in [0.15, 0.2) is 78.4 Å². The maximum absolute atomic E-state index is 13.2. The van der Waals surface area contributed by atoms with Crippen molar-refractivity contribution in [2.24, 2.45) is 0 Å². The molecule has 0 aliphatic carbocycles. The minimum Gasteiger partial charge on any atom is -0.488 e. The molecule has 1 saturated heterocycles. The van der Waals surface area contributed by atoms with Crippen LogP contribution in [0.3, 0.4) is 0 Å². The van der Waals surface area contributed by atoms with Crippen molar-refractivity contribution in [2.45, 2.75) is 20.5 Å². The molecule has 6 nitrogen and oxygen atoms in total. The molecule has 1 fully saturated rings. The van der Waals surface area contributed by atoms with Crippen LogP contribution in [0.25, 0.3) is 6.08 Å². The molecule has 0 saturated carbocycles. The summed E-state index contributed by atoms with van der Waals surface area (Å²) >= 11 is 0. The Bertz CT molecular complexity index is 1230. The highest BCUT2D eigenvalue weighted by molar-refractivity contribution is 6.39. The van der Waals surface area contributed by atoms with Crippen LogP contribution in [0.2, 0.25) is 0 Å². The number of anilines is 1. The molecule has 3 aromatic carbocycles. The number of para-hydroxylation sites is 1. The molecule has 0 bridgehead atoms. The monoisotopic (exact) mass is 426 g/mol. The molecule has 32 heavy (non-hydrogen) atoms. The Kier molecular flexibility index (Phi) is 5.85. The summed E-state index contributed by atoms with van der Waals surface area (Å²) in [7, 11) is 0. The lowest BCUT2D eigenvalue weighted by Gasteiger charge is -2.28. The summed E-state index contributed by atoms with van der Waals surface area (Å²) < 4.78 is 5.93. The Balaban J connectivity index is 1.67. The molecule has 6 heteroatoms. The highest BCUT2D eigenvalue weighted by Crippen LogP contribution is 2.28. The molecule has 3 aromatic rings. The molecule has 0 aromatic heterocycles. The van der Waals surface area contributed by atoms with Gasteiger partial charge >= 0.3 is 6.03 Å². The predicted molar refractivity (Wildman–Crippen MR) is 122 cm³/mol. The molecule has 160 valence electrons. The van der Waals surface area contributed by atoms with Gasteiger partial charge in [0, 0.05) is 5.56 Å². The van der Waals surface area contributed by atoms with E-state index in [1.54, 1.807) is 24.3 Å². The van der Waals surface area contributed by atoms with Crippen LogP contribution in [0, 0.1) is 13.8 Å². The van der Waals surface area contributed by atoms with Crippen LogP contribution >= 0.6 is 0 Å². The van der Waals surface area contributed by atoms with Crippen LogP contribution < -0.4 is 15.0 Å². The van der Waals surface area contributed by atoms with Crippen molar-refractivity contribution in [1.82, 2.24) is 5.32 Å². The van der Waals surface area contributed by atoms with Gasteiger partial charge < -0.3 is 4.74 Å². The Hall–Kier alpha value is -4.19. The second-order valence-electron chi connectivity index (χ2n) is 7.56. The molecule has 0 atom stereocenters. The maximum Gasteiger partial charge on any atom is 0.335 e. The van der Waals surface area contributed by atoms with E-state index in [0.29, 0.717) is 23.6 Å². The smallest absolute Gasteiger partial charge is 0.335 e. The Morgan fingerprint density at radius 2 is 1.62 bits per heavy atom. The first-order valence-corrected chi connectivity index (χ1v) is 10.2. The third kappa shape index (κ3) is 4.30. The molecule has 0 radical (unpaired) electrons. The number of amides is 4. The number of imide groups is 2. The van der Waals surface area contributed by atoms with Crippen molar-refractivity contribution in [3.8, 4) is 5.75 Å². The number of barbiturate groups is 1. The summed E-state index contributed by atoms with van der Waals surface area (Å²) in [5.41, 5.74) is 3.51. The van der Waals surface area contributed by atoms with E-state index >= 15 is 0 Å². The summed E-state index contributed by atoms with van der Waals surface area (Å²) in [6.07, 6.45) is 1.46. The van der Waals surface area contributed by atoms with Gasteiger partial charge in [0.1, 0.15) is 17.9 Å². The number of hydrogen-bond donors (Lipinski definition) is 1. The molecule has 0 spiro atoms. The van der Waals surface area contributed by atoms with E-state index < -0.39 is 17.8 Å². The normalized spacial score (nSPS) is 15.1. The molecule has 4 rings (SSSR count). The zero-order valence-corrected chi connectivity index (χ0v) is 17.8. The quantitative estimate of drug-likeness (QED) is 0.480. The van der Waals surface area contributed by atoms with Gasteiger partial charge in [-0.2, -0.15) is 0 Å². The van der Waals surface area contributed by atoms with E-state index in [4.69, 9.17) is 4.74 Å². The van der Waals surface area contributed by atoms with Gasteiger partial charge in [-0.3, -0.25) is 14.9 Å². The first-order chi connectivity index (χ1) is 15.4.